The first-order valence-electron chi connectivity index (χ1n) is 26.2. The predicted molar refractivity (Wildman–Crippen MR) is 301 cm³/mol. The van der Waals surface area contributed by atoms with Crippen molar-refractivity contribution < 1.29 is 28.6 Å². The average Bonchev–Trinajstić information content (AvgIpc) is 4.01. The number of fused-ring (bicyclic) bond motifs is 6. The molecule has 4 heterocycles. The molecule has 0 atom stereocenters. The molecule has 1 radical (unpaired) electrons. The summed E-state index contributed by atoms with van der Waals surface area (Å²) in [7, 11) is -1.63. The number of hydrogen-bond acceptors (Lipinski definition) is 4. The Balaban J connectivity index is 0.000000200. The summed E-state index contributed by atoms with van der Waals surface area (Å²) >= 11 is 0. The third-order valence-corrected chi connectivity index (χ3v) is 16.0. The number of benzene rings is 7. The maximum Gasteiger partial charge on any atom is 0.120 e. The van der Waals surface area contributed by atoms with Crippen LogP contribution in [0.3, 0.4) is 0 Å². The number of pyridine rings is 2. The fraction of sp³-hybridized carbons (Fsp3) is 0.215. The molecule has 0 aliphatic rings. The first kappa shape index (κ1) is 46.3. The van der Waals surface area contributed by atoms with Gasteiger partial charge in [0.05, 0.1) is 41.7 Å². The van der Waals surface area contributed by atoms with Gasteiger partial charge in [-0.25, -0.2) is 0 Å². The fourth-order valence-electron chi connectivity index (χ4n) is 10.1. The second-order valence-electron chi connectivity index (χ2n) is 20.9. The van der Waals surface area contributed by atoms with Gasteiger partial charge in [0.1, 0.15) is 5.58 Å². The number of aromatic nitrogens is 4. The van der Waals surface area contributed by atoms with Gasteiger partial charge in [-0.05, 0) is 87.3 Å². The molecule has 363 valence electrons. The van der Waals surface area contributed by atoms with Crippen LogP contribution < -0.4 is 5.19 Å². The van der Waals surface area contributed by atoms with Gasteiger partial charge in [-0.3, -0.25) is 9.97 Å². The summed E-state index contributed by atoms with van der Waals surface area (Å²) in [6.07, 6.45) is 2.02. The van der Waals surface area contributed by atoms with E-state index >= 15 is 0 Å². The largest absolute Gasteiger partial charge is 0.501 e. The molecule has 7 aromatic carbocycles. The fourth-order valence-corrected chi connectivity index (χ4v) is 11.8. The van der Waals surface area contributed by atoms with E-state index < -0.39 is 14.9 Å². The van der Waals surface area contributed by atoms with Crippen LogP contribution in [0.15, 0.2) is 168 Å². The van der Waals surface area contributed by atoms with Crippen LogP contribution in [0.2, 0.25) is 19.6 Å². The molecule has 11 aromatic rings. The monoisotopic (exact) mass is 1140 g/mol. The summed E-state index contributed by atoms with van der Waals surface area (Å²) in [6, 6.07) is 60.4. The standard InChI is InChI=1S/C41H34N3O.C24H28NSi.Ir/c1-24(2)33-22-28(27-14-7-6-8-15-27)23-34(25(3)4)39(33)44-38-26(5)42-35-20-11-9-17-31(35)37(38)43-41(44)32-19-13-18-30-29-16-10-12-21-36(29)45-40(30)32;1-18-12-14-19(15-13-18)22-16-21(23(17-25-22)26(4,5)6)24(2,3)20-10-8-7-9-11-20;/h6-18,20-25H,1-5H3;7-14,16-17H,1-6H3;/q2*-1;/i;1D3;. The first-order chi connectivity index (χ1) is 35.3. The molecule has 0 aliphatic carbocycles. The molecule has 5 nitrogen and oxygen atoms in total. The first-order valence-corrected chi connectivity index (χ1v) is 28.2. The summed E-state index contributed by atoms with van der Waals surface area (Å²) in [5.41, 5.74) is 16.8. The van der Waals surface area contributed by atoms with Gasteiger partial charge < -0.3 is 14.0 Å². The van der Waals surface area contributed by atoms with Gasteiger partial charge in [0.15, 0.2) is 0 Å². The van der Waals surface area contributed by atoms with Crippen LogP contribution in [0.25, 0.3) is 83.3 Å². The van der Waals surface area contributed by atoms with Crippen molar-refractivity contribution in [2.45, 2.75) is 92.2 Å². The van der Waals surface area contributed by atoms with E-state index in [4.69, 9.17) is 23.5 Å². The Morgan fingerprint density at radius 1 is 0.694 bits per heavy atom. The Hall–Kier alpha value is -6.76. The van der Waals surface area contributed by atoms with Gasteiger partial charge in [0.25, 0.3) is 0 Å². The van der Waals surface area contributed by atoms with E-state index in [9.17, 15) is 0 Å². The Bertz CT molecular complexity index is 3830. The van der Waals surface area contributed by atoms with E-state index in [2.05, 4.69) is 194 Å². The summed E-state index contributed by atoms with van der Waals surface area (Å²) in [6.45, 7) is 20.6. The zero-order chi connectivity index (χ0) is 52.3. The van der Waals surface area contributed by atoms with Gasteiger partial charge in [0.2, 0.25) is 0 Å². The Kier molecular flexibility index (Phi) is 12.9. The van der Waals surface area contributed by atoms with Crippen LogP contribution in [-0.4, -0.2) is 27.6 Å². The molecule has 0 saturated heterocycles. The number of imidazole rings is 1. The normalized spacial score (nSPS) is 12.8. The maximum absolute atomic E-state index is 7.56. The molecule has 0 aliphatic heterocycles. The minimum Gasteiger partial charge on any atom is -0.501 e. The van der Waals surface area contributed by atoms with Crippen molar-refractivity contribution >= 4 is 57.1 Å². The maximum atomic E-state index is 7.56. The van der Waals surface area contributed by atoms with Gasteiger partial charge in [0, 0.05) is 52.3 Å². The molecule has 11 rings (SSSR count). The number of rotatable bonds is 9. The summed E-state index contributed by atoms with van der Waals surface area (Å²) < 4.78 is 31.6. The number of aryl methyl sites for hydroxylation is 2. The third-order valence-electron chi connectivity index (χ3n) is 13.9. The van der Waals surface area contributed by atoms with E-state index in [-0.39, 0.29) is 37.4 Å². The Labute approximate surface area is 444 Å². The molecule has 0 fully saturated rings. The summed E-state index contributed by atoms with van der Waals surface area (Å²) in [4.78, 5) is 15.3. The smallest absolute Gasteiger partial charge is 0.120 e. The molecule has 0 bridgehead atoms. The zero-order valence-electron chi connectivity index (χ0n) is 45.8. The van der Waals surface area contributed by atoms with Crippen molar-refractivity contribution in [3.05, 3.63) is 210 Å². The number of furan rings is 1. The summed E-state index contributed by atoms with van der Waals surface area (Å²) in [5, 5.41) is 4.53. The topological polar surface area (TPSA) is 56.7 Å². The molecule has 0 spiro atoms. The van der Waals surface area contributed by atoms with Gasteiger partial charge in [-0.15, -0.1) is 53.6 Å². The van der Waals surface area contributed by atoms with Crippen LogP contribution in [0.4, 0.5) is 0 Å². The number of para-hydroxylation sites is 2. The van der Waals surface area contributed by atoms with Gasteiger partial charge in [-0.2, -0.15) is 0 Å². The summed E-state index contributed by atoms with van der Waals surface area (Å²) in [5.74, 6) is 1.32. The Morgan fingerprint density at radius 2 is 1.35 bits per heavy atom. The van der Waals surface area contributed by atoms with Gasteiger partial charge >= 0.3 is 0 Å². The molecule has 0 saturated carbocycles. The van der Waals surface area contributed by atoms with E-state index in [0.717, 1.165) is 72.2 Å². The average molecular weight is 1140 g/mol. The number of nitrogens with zero attached hydrogens (tertiary/aromatic N) is 4. The third kappa shape index (κ3) is 9.31. The minimum atomic E-state index is -2.12. The van der Waals surface area contributed by atoms with Crippen LogP contribution in [-0.2, 0) is 25.5 Å². The number of hydrogen-bond donors (Lipinski definition) is 0. The van der Waals surface area contributed by atoms with E-state index in [0.29, 0.717) is 5.56 Å². The Morgan fingerprint density at radius 3 is 2.00 bits per heavy atom. The van der Waals surface area contributed by atoms with Crippen molar-refractivity contribution in [3.63, 3.8) is 0 Å². The van der Waals surface area contributed by atoms with Crippen molar-refractivity contribution in [1.29, 1.82) is 0 Å². The molecular weight excluding hydrogens is 1070 g/mol. The molecule has 0 amide bonds. The molecule has 4 aromatic heterocycles. The van der Waals surface area contributed by atoms with Crippen molar-refractivity contribution in [2.75, 3.05) is 0 Å². The van der Waals surface area contributed by atoms with E-state index in [1.165, 1.54) is 44.3 Å². The quantitative estimate of drug-likeness (QED) is 0.107. The van der Waals surface area contributed by atoms with Crippen LogP contribution >= 0.6 is 0 Å². The predicted octanol–water partition coefficient (Wildman–Crippen LogP) is 16.9. The van der Waals surface area contributed by atoms with E-state index in [1.807, 2.05) is 36.5 Å². The van der Waals surface area contributed by atoms with Gasteiger partial charge in [-0.1, -0.05) is 182 Å². The van der Waals surface area contributed by atoms with Crippen molar-refractivity contribution in [2.24, 2.45) is 0 Å². The molecule has 72 heavy (non-hydrogen) atoms. The second kappa shape index (κ2) is 20.0. The molecular formula is C65H62IrN4OSi-2. The molecule has 0 unspecified atom stereocenters. The van der Waals surface area contributed by atoms with Crippen LogP contribution in [0.1, 0.15) is 91.0 Å². The van der Waals surface area contributed by atoms with Crippen molar-refractivity contribution in [3.8, 4) is 39.5 Å². The van der Waals surface area contributed by atoms with Crippen LogP contribution in [0, 0.1) is 25.9 Å². The van der Waals surface area contributed by atoms with E-state index in [1.54, 1.807) is 18.2 Å². The second-order valence-corrected chi connectivity index (χ2v) is 25.9. The zero-order valence-corrected chi connectivity index (χ0v) is 46.2. The van der Waals surface area contributed by atoms with Crippen molar-refractivity contribution in [1.82, 2.24) is 19.5 Å². The SMILES string of the molecule is Cc1nc2ccccc2c2nc(-c3[c-]ccc4c3oc3ccccc34)n(-c3c(C(C)C)cc(-c4ccccc4)cc3C(C)C)c12.[2H]C([2H])([2H])c1c[c-]c(-c2cc(C(C)(C)c3ccccc3)c([Si](C)(C)C)cn2)cc1.[Ir]. The van der Waals surface area contributed by atoms with Crippen LogP contribution in [0.5, 0.6) is 0 Å². The molecule has 7 heteroatoms. The minimum absolute atomic E-state index is 0. The molecule has 0 N–H and O–H groups in total.